The Balaban J connectivity index is 2.03. The van der Waals surface area contributed by atoms with Crippen molar-refractivity contribution in [1.82, 2.24) is 4.90 Å². The zero-order chi connectivity index (χ0) is 16.1. The standard InChI is InChI=1S/C18H12ClNO3/c1-20-15(10-6-8-11(19)9-7-10)14-16(21)12-4-2-3-5-13(12)23-17(14)18(20)22/h2-9,15H,1H3/t15-/m0/s1. The summed E-state index contributed by atoms with van der Waals surface area (Å²) in [6, 6.07) is 13.6. The van der Waals surface area contributed by atoms with E-state index in [-0.39, 0.29) is 17.1 Å². The summed E-state index contributed by atoms with van der Waals surface area (Å²) in [5.41, 5.74) is 1.47. The SMILES string of the molecule is CN1C(=O)c2oc3ccccc3c(=O)c2[C@@H]1c1ccc(Cl)cc1. The lowest BCUT2D eigenvalue weighted by Crippen LogP contribution is -2.25. The van der Waals surface area contributed by atoms with Crippen molar-refractivity contribution in [2.75, 3.05) is 7.05 Å². The number of hydrogen-bond donors (Lipinski definition) is 0. The first-order chi connectivity index (χ1) is 11.1. The molecule has 0 saturated carbocycles. The van der Waals surface area contributed by atoms with Crippen molar-refractivity contribution >= 4 is 28.5 Å². The van der Waals surface area contributed by atoms with Crippen LogP contribution in [0.25, 0.3) is 11.0 Å². The number of benzene rings is 2. The van der Waals surface area contributed by atoms with Crippen molar-refractivity contribution < 1.29 is 9.21 Å². The first-order valence-corrected chi connectivity index (χ1v) is 7.54. The van der Waals surface area contributed by atoms with Crippen molar-refractivity contribution in [2.45, 2.75) is 6.04 Å². The summed E-state index contributed by atoms with van der Waals surface area (Å²) < 4.78 is 5.73. The first kappa shape index (κ1) is 14.0. The predicted octanol–water partition coefficient (Wildman–Crippen LogP) is 3.62. The molecule has 0 radical (unpaired) electrons. The molecule has 3 aromatic rings. The van der Waals surface area contributed by atoms with Gasteiger partial charge in [0.2, 0.25) is 5.76 Å². The van der Waals surface area contributed by atoms with E-state index in [0.717, 1.165) is 5.56 Å². The van der Waals surface area contributed by atoms with Crippen LogP contribution in [0.1, 0.15) is 27.7 Å². The van der Waals surface area contributed by atoms with Crippen LogP contribution in [0.5, 0.6) is 0 Å². The molecular formula is C18H12ClNO3. The highest BCUT2D eigenvalue weighted by Crippen LogP contribution is 2.37. The lowest BCUT2D eigenvalue weighted by Gasteiger charge is -2.20. The van der Waals surface area contributed by atoms with Crippen LogP contribution >= 0.6 is 11.6 Å². The van der Waals surface area contributed by atoms with Gasteiger partial charge in [-0.2, -0.15) is 0 Å². The Kier molecular flexibility index (Phi) is 3.03. The summed E-state index contributed by atoms with van der Waals surface area (Å²) in [5, 5.41) is 1.08. The quantitative estimate of drug-likeness (QED) is 0.686. The van der Waals surface area contributed by atoms with E-state index in [1.54, 1.807) is 43.4 Å². The number of carbonyl (C=O) groups is 1. The van der Waals surface area contributed by atoms with Crippen LogP contribution in [-0.2, 0) is 0 Å². The molecule has 0 fully saturated rings. The van der Waals surface area contributed by atoms with E-state index in [9.17, 15) is 9.59 Å². The number of amides is 1. The molecule has 1 aliphatic heterocycles. The molecule has 23 heavy (non-hydrogen) atoms. The fourth-order valence-corrected chi connectivity index (χ4v) is 3.20. The number of fused-ring (bicyclic) bond motifs is 2. The molecule has 2 aromatic carbocycles. The van der Waals surface area contributed by atoms with Gasteiger partial charge in [-0.3, -0.25) is 9.59 Å². The Bertz CT molecular complexity index is 991. The van der Waals surface area contributed by atoms with Gasteiger partial charge in [-0.1, -0.05) is 35.9 Å². The molecule has 1 aliphatic rings. The number of hydrogen-bond acceptors (Lipinski definition) is 3. The summed E-state index contributed by atoms with van der Waals surface area (Å²) in [6.07, 6.45) is 0. The van der Waals surface area contributed by atoms with Crippen LogP contribution in [0.4, 0.5) is 0 Å². The first-order valence-electron chi connectivity index (χ1n) is 7.16. The summed E-state index contributed by atoms with van der Waals surface area (Å²) in [4.78, 5) is 26.9. The number of carbonyl (C=O) groups excluding carboxylic acids is 1. The predicted molar refractivity (Wildman–Crippen MR) is 87.9 cm³/mol. The average molecular weight is 326 g/mol. The molecule has 1 amide bonds. The van der Waals surface area contributed by atoms with Crippen LogP contribution in [0.3, 0.4) is 0 Å². The van der Waals surface area contributed by atoms with Crippen molar-refractivity contribution in [3.8, 4) is 0 Å². The Morgan fingerprint density at radius 2 is 1.74 bits per heavy atom. The molecule has 0 bridgehead atoms. The molecule has 0 aliphatic carbocycles. The maximum Gasteiger partial charge on any atom is 0.290 e. The molecule has 0 unspecified atom stereocenters. The maximum absolute atomic E-state index is 12.9. The smallest absolute Gasteiger partial charge is 0.290 e. The van der Waals surface area contributed by atoms with Gasteiger partial charge in [-0.25, -0.2) is 0 Å². The van der Waals surface area contributed by atoms with Crippen molar-refractivity contribution in [2.24, 2.45) is 0 Å². The number of rotatable bonds is 1. The fraction of sp³-hybridized carbons (Fsp3) is 0.111. The van der Waals surface area contributed by atoms with Gasteiger partial charge >= 0.3 is 0 Å². The lowest BCUT2D eigenvalue weighted by atomic mass is 9.99. The van der Waals surface area contributed by atoms with Crippen molar-refractivity contribution in [3.05, 3.63) is 80.7 Å². The highest BCUT2D eigenvalue weighted by molar-refractivity contribution is 6.30. The van der Waals surface area contributed by atoms with E-state index < -0.39 is 6.04 Å². The normalized spacial score (nSPS) is 16.9. The Morgan fingerprint density at radius 3 is 2.48 bits per heavy atom. The third-order valence-electron chi connectivity index (χ3n) is 4.19. The van der Waals surface area contributed by atoms with Gasteiger partial charge in [0, 0.05) is 12.1 Å². The molecular weight excluding hydrogens is 314 g/mol. The molecule has 0 spiro atoms. The zero-order valence-electron chi connectivity index (χ0n) is 12.2. The van der Waals surface area contributed by atoms with E-state index in [0.29, 0.717) is 21.6 Å². The van der Waals surface area contributed by atoms with Crippen LogP contribution in [0, 0.1) is 0 Å². The Hall–Kier alpha value is -2.59. The number of nitrogens with zero attached hydrogens (tertiary/aromatic N) is 1. The molecule has 114 valence electrons. The molecule has 0 saturated heterocycles. The van der Waals surface area contributed by atoms with E-state index in [1.807, 2.05) is 12.1 Å². The summed E-state index contributed by atoms with van der Waals surface area (Å²) in [7, 11) is 1.67. The largest absolute Gasteiger partial charge is 0.450 e. The summed E-state index contributed by atoms with van der Waals surface area (Å²) in [6.45, 7) is 0. The Morgan fingerprint density at radius 1 is 1.04 bits per heavy atom. The second-order valence-electron chi connectivity index (χ2n) is 5.54. The maximum atomic E-state index is 12.9. The number of halogens is 1. The highest BCUT2D eigenvalue weighted by atomic mass is 35.5. The van der Waals surface area contributed by atoms with Gasteiger partial charge < -0.3 is 9.32 Å². The van der Waals surface area contributed by atoms with Crippen LogP contribution in [0.15, 0.2) is 57.7 Å². The Labute approximate surface area is 136 Å². The van der Waals surface area contributed by atoms with E-state index in [2.05, 4.69) is 0 Å². The second-order valence-corrected chi connectivity index (χ2v) is 5.98. The van der Waals surface area contributed by atoms with Crippen molar-refractivity contribution in [3.63, 3.8) is 0 Å². The monoisotopic (exact) mass is 325 g/mol. The molecule has 1 aromatic heterocycles. The third-order valence-corrected chi connectivity index (χ3v) is 4.45. The van der Waals surface area contributed by atoms with Gasteiger partial charge in [-0.15, -0.1) is 0 Å². The van der Waals surface area contributed by atoms with Crippen LogP contribution in [-0.4, -0.2) is 17.9 Å². The van der Waals surface area contributed by atoms with E-state index in [1.165, 1.54) is 4.90 Å². The van der Waals surface area contributed by atoms with E-state index in [4.69, 9.17) is 16.0 Å². The van der Waals surface area contributed by atoms with E-state index >= 15 is 0 Å². The topological polar surface area (TPSA) is 50.5 Å². The molecule has 0 N–H and O–H groups in total. The van der Waals surface area contributed by atoms with Gasteiger partial charge in [0.25, 0.3) is 5.91 Å². The summed E-state index contributed by atoms with van der Waals surface area (Å²) in [5.74, 6) is -0.168. The van der Waals surface area contributed by atoms with Gasteiger partial charge in [-0.05, 0) is 29.8 Å². The fourth-order valence-electron chi connectivity index (χ4n) is 3.07. The minimum Gasteiger partial charge on any atom is -0.450 e. The minimum absolute atomic E-state index is 0.121. The highest BCUT2D eigenvalue weighted by Gasteiger charge is 2.40. The van der Waals surface area contributed by atoms with Crippen molar-refractivity contribution in [1.29, 1.82) is 0 Å². The zero-order valence-corrected chi connectivity index (χ0v) is 13.0. The number of para-hydroxylation sites is 1. The second kappa shape index (κ2) is 4.96. The van der Waals surface area contributed by atoms with Crippen LogP contribution < -0.4 is 5.43 Å². The molecule has 4 rings (SSSR count). The minimum atomic E-state index is -0.462. The van der Waals surface area contributed by atoms with Gasteiger partial charge in [0.05, 0.1) is 17.0 Å². The third kappa shape index (κ3) is 1.99. The molecule has 4 nitrogen and oxygen atoms in total. The molecule has 5 heteroatoms. The van der Waals surface area contributed by atoms with Gasteiger partial charge in [0.1, 0.15) is 5.58 Å². The molecule has 2 heterocycles. The van der Waals surface area contributed by atoms with Crippen LogP contribution in [0.2, 0.25) is 5.02 Å². The summed E-state index contributed by atoms with van der Waals surface area (Å²) >= 11 is 5.93. The van der Waals surface area contributed by atoms with Gasteiger partial charge in [0.15, 0.2) is 5.43 Å². The molecule has 1 atom stereocenters. The lowest BCUT2D eigenvalue weighted by molar-refractivity contribution is 0.0771. The average Bonchev–Trinajstić information content (AvgIpc) is 2.81.